The van der Waals surface area contributed by atoms with E-state index < -0.39 is 0 Å². The lowest BCUT2D eigenvalue weighted by Gasteiger charge is -2.11. The van der Waals surface area contributed by atoms with E-state index in [0.717, 1.165) is 13.0 Å². The molecule has 70 valence electrons. The summed E-state index contributed by atoms with van der Waals surface area (Å²) in [6.45, 7) is 5.22. The molecule has 1 unspecified atom stereocenters. The minimum absolute atomic E-state index is 0.424. The Morgan fingerprint density at radius 3 is 3.00 bits per heavy atom. The molecule has 0 saturated heterocycles. The molecule has 1 rings (SSSR count). The Balaban J connectivity index is 2.45. The summed E-state index contributed by atoms with van der Waals surface area (Å²) < 4.78 is 0. The molecule has 0 aromatic carbocycles. The normalized spacial score (nSPS) is 12.4. The van der Waals surface area contributed by atoms with Crippen LogP contribution in [0.25, 0.3) is 0 Å². The Labute approximate surface area is 84.2 Å². The van der Waals surface area contributed by atoms with E-state index in [-0.39, 0.29) is 0 Å². The van der Waals surface area contributed by atoms with Gasteiger partial charge < -0.3 is 5.32 Å². The SMILES string of the molecule is C#CCCNC(C)c1sccc1C. The minimum atomic E-state index is 0.424. The predicted molar refractivity (Wildman–Crippen MR) is 58.9 cm³/mol. The van der Waals surface area contributed by atoms with E-state index in [0.29, 0.717) is 6.04 Å². The van der Waals surface area contributed by atoms with E-state index in [9.17, 15) is 0 Å². The van der Waals surface area contributed by atoms with Gasteiger partial charge in [-0.1, -0.05) is 0 Å². The van der Waals surface area contributed by atoms with E-state index in [1.165, 1.54) is 10.4 Å². The van der Waals surface area contributed by atoms with Crippen molar-refractivity contribution in [2.75, 3.05) is 6.54 Å². The Bertz CT molecular complexity index is 295. The van der Waals surface area contributed by atoms with Crippen LogP contribution in [0.4, 0.5) is 0 Å². The Morgan fingerprint density at radius 1 is 1.69 bits per heavy atom. The largest absolute Gasteiger partial charge is 0.309 e. The Hall–Kier alpha value is -0.780. The van der Waals surface area contributed by atoms with E-state index in [2.05, 4.69) is 36.5 Å². The zero-order chi connectivity index (χ0) is 9.68. The molecule has 2 heteroatoms. The highest BCUT2D eigenvalue weighted by Gasteiger charge is 2.07. The molecule has 1 nitrogen and oxygen atoms in total. The summed E-state index contributed by atoms with van der Waals surface area (Å²) in [5.74, 6) is 2.62. The van der Waals surface area contributed by atoms with Gasteiger partial charge in [0.15, 0.2) is 0 Å². The number of terminal acetylenes is 1. The highest BCUT2D eigenvalue weighted by atomic mass is 32.1. The maximum absolute atomic E-state index is 5.18. The van der Waals surface area contributed by atoms with Gasteiger partial charge in [-0.05, 0) is 30.9 Å². The summed E-state index contributed by atoms with van der Waals surface area (Å²) in [5.41, 5.74) is 1.37. The molecule has 1 atom stereocenters. The van der Waals surface area contributed by atoms with Gasteiger partial charge in [0.25, 0.3) is 0 Å². The zero-order valence-electron chi connectivity index (χ0n) is 8.13. The summed E-state index contributed by atoms with van der Waals surface area (Å²) >= 11 is 1.80. The third-order valence-electron chi connectivity index (χ3n) is 2.01. The molecule has 0 spiro atoms. The smallest absolute Gasteiger partial charge is 0.0389 e. The van der Waals surface area contributed by atoms with Crippen LogP contribution < -0.4 is 5.32 Å². The number of nitrogens with one attached hydrogen (secondary N) is 1. The molecule has 0 aliphatic heterocycles. The standard InChI is InChI=1S/C11H15NS/c1-4-5-7-12-10(3)11-9(2)6-8-13-11/h1,6,8,10,12H,5,7H2,2-3H3. The van der Waals surface area contributed by atoms with Crippen molar-refractivity contribution in [3.05, 3.63) is 21.9 Å². The van der Waals surface area contributed by atoms with E-state index >= 15 is 0 Å². The topological polar surface area (TPSA) is 12.0 Å². The van der Waals surface area contributed by atoms with Crippen LogP contribution in [-0.2, 0) is 0 Å². The lowest BCUT2D eigenvalue weighted by Crippen LogP contribution is -2.19. The molecule has 0 aliphatic carbocycles. The second-order valence-electron chi connectivity index (χ2n) is 3.10. The van der Waals surface area contributed by atoms with Crippen molar-refractivity contribution in [3.63, 3.8) is 0 Å². The van der Waals surface area contributed by atoms with Crippen LogP contribution >= 0.6 is 11.3 Å². The highest BCUT2D eigenvalue weighted by molar-refractivity contribution is 7.10. The van der Waals surface area contributed by atoms with Crippen LogP contribution in [0.15, 0.2) is 11.4 Å². The minimum Gasteiger partial charge on any atom is -0.309 e. The second kappa shape index (κ2) is 5.06. The summed E-state index contributed by atoms with van der Waals surface area (Å²) in [4.78, 5) is 1.41. The summed E-state index contributed by atoms with van der Waals surface area (Å²) in [6, 6.07) is 2.58. The van der Waals surface area contributed by atoms with Gasteiger partial charge in [0, 0.05) is 23.9 Å². The van der Waals surface area contributed by atoms with Crippen LogP contribution in [-0.4, -0.2) is 6.54 Å². The summed E-state index contributed by atoms with van der Waals surface area (Å²) in [6.07, 6.45) is 5.98. The van der Waals surface area contributed by atoms with Gasteiger partial charge >= 0.3 is 0 Å². The fourth-order valence-corrected chi connectivity index (χ4v) is 2.24. The average Bonchev–Trinajstić information content (AvgIpc) is 2.52. The second-order valence-corrected chi connectivity index (χ2v) is 4.05. The molecule has 13 heavy (non-hydrogen) atoms. The van der Waals surface area contributed by atoms with Crippen molar-refractivity contribution < 1.29 is 0 Å². The molecular weight excluding hydrogens is 178 g/mol. The molecule has 0 bridgehead atoms. The maximum Gasteiger partial charge on any atom is 0.0389 e. The van der Waals surface area contributed by atoms with Gasteiger partial charge in [-0.25, -0.2) is 0 Å². The van der Waals surface area contributed by atoms with Crippen molar-refractivity contribution in [1.82, 2.24) is 5.32 Å². The highest BCUT2D eigenvalue weighted by Crippen LogP contribution is 2.22. The maximum atomic E-state index is 5.18. The molecule has 1 heterocycles. The number of rotatable bonds is 4. The first-order valence-corrected chi connectivity index (χ1v) is 5.34. The van der Waals surface area contributed by atoms with E-state index in [1.807, 2.05) is 0 Å². The molecule has 1 aromatic heterocycles. The Kier molecular flexibility index (Phi) is 4.01. The van der Waals surface area contributed by atoms with Gasteiger partial charge in [0.05, 0.1) is 0 Å². The average molecular weight is 193 g/mol. The van der Waals surface area contributed by atoms with Crippen molar-refractivity contribution >= 4 is 11.3 Å². The predicted octanol–water partition coefficient (Wildman–Crippen LogP) is 2.73. The van der Waals surface area contributed by atoms with E-state index in [4.69, 9.17) is 6.42 Å². The van der Waals surface area contributed by atoms with Crippen molar-refractivity contribution in [2.24, 2.45) is 0 Å². The first-order valence-electron chi connectivity index (χ1n) is 4.46. The van der Waals surface area contributed by atoms with Crippen LogP contribution in [0.5, 0.6) is 0 Å². The van der Waals surface area contributed by atoms with Crippen LogP contribution in [0.2, 0.25) is 0 Å². The number of thiophene rings is 1. The van der Waals surface area contributed by atoms with Crippen molar-refractivity contribution in [2.45, 2.75) is 26.3 Å². The van der Waals surface area contributed by atoms with E-state index in [1.54, 1.807) is 11.3 Å². The monoisotopic (exact) mass is 193 g/mol. The molecule has 1 N–H and O–H groups in total. The van der Waals surface area contributed by atoms with Gasteiger partial charge in [0.2, 0.25) is 0 Å². The quantitative estimate of drug-likeness (QED) is 0.572. The summed E-state index contributed by atoms with van der Waals surface area (Å²) in [7, 11) is 0. The lowest BCUT2D eigenvalue weighted by molar-refractivity contribution is 0.590. The number of hydrogen-bond acceptors (Lipinski definition) is 2. The molecule has 1 aromatic rings. The first-order chi connectivity index (χ1) is 6.25. The fraction of sp³-hybridized carbons (Fsp3) is 0.455. The van der Waals surface area contributed by atoms with Crippen molar-refractivity contribution in [1.29, 1.82) is 0 Å². The molecule has 0 aliphatic rings. The molecule has 0 saturated carbocycles. The van der Waals surface area contributed by atoms with Gasteiger partial charge in [-0.15, -0.1) is 23.7 Å². The fourth-order valence-electron chi connectivity index (χ4n) is 1.28. The molecule has 0 amide bonds. The Morgan fingerprint density at radius 2 is 2.46 bits per heavy atom. The molecule has 0 fully saturated rings. The molecular formula is C11H15NS. The third kappa shape index (κ3) is 2.87. The third-order valence-corrected chi connectivity index (χ3v) is 3.22. The van der Waals surface area contributed by atoms with Gasteiger partial charge in [0.1, 0.15) is 0 Å². The summed E-state index contributed by atoms with van der Waals surface area (Å²) in [5, 5.41) is 5.52. The van der Waals surface area contributed by atoms with Crippen LogP contribution in [0.1, 0.15) is 29.8 Å². The first kappa shape index (κ1) is 10.3. The van der Waals surface area contributed by atoms with Crippen LogP contribution in [0, 0.1) is 19.3 Å². The number of hydrogen-bond donors (Lipinski definition) is 1. The van der Waals surface area contributed by atoms with Gasteiger partial charge in [-0.2, -0.15) is 0 Å². The van der Waals surface area contributed by atoms with Crippen molar-refractivity contribution in [3.8, 4) is 12.3 Å². The lowest BCUT2D eigenvalue weighted by atomic mass is 10.2. The molecule has 0 radical (unpaired) electrons. The number of aryl methyl sites for hydroxylation is 1. The zero-order valence-corrected chi connectivity index (χ0v) is 8.95. The van der Waals surface area contributed by atoms with Crippen LogP contribution in [0.3, 0.4) is 0 Å². The van der Waals surface area contributed by atoms with Gasteiger partial charge in [-0.3, -0.25) is 0 Å².